The van der Waals surface area contributed by atoms with Crippen LogP contribution in [-0.2, 0) is 14.7 Å². The molecule has 27 heavy (non-hydrogen) atoms. The lowest BCUT2D eigenvalue weighted by Crippen LogP contribution is -2.39. The maximum absolute atomic E-state index is 12.9. The third-order valence-corrected chi connectivity index (χ3v) is 8.02. The van der Waals surface area contributed by atoms with Crippen molar-refractivity contribution in [2.75, 3.05) is 26.2 Å². The molecule has 0 aliphatic carbocycles. The summed E-state index contributed by atoms with van der Waals surface area (Å²) in [4.78, 5) is 8.04. The number of piperidine rings is 1. The van der Waals surface area contributed by atoms with Crippen LogP contribution < -0.4 is 0 Å². The summed E-state index contributed by atoms with van der Waals surface area (Å²) >= 11 is 0. The zero-order chi connectivity index (χ0) is 19.9. The maximum atomic E-state index is 12.9. The van der Waals surface area contributed by atoms with Gasteiger partial charge in [0, 0.05) is 12.5 Å². The second kappa shape index (κ2) is 9.69. The van der Waals surface area contributed by atoms with E-state index < -0.39 is 14.6 Å². The number of nitrogens with zero attached hydrogens (tertiary/aromatic N) is 2. The van der Waals surface area contributed by atoms with E-state index in [1.807, 2.05) is 33.8 Å². The van der Waals surface area contributed by atoms with Crippen LogP contribution in [0.3, 0.4) is 0 Å². The molecule has 5 nitrogen and oxygen atoms in total. The van der Waals surface area contributed by atoms with E-state index in [2.05, 4.69) is 10.1 Å². The van der Waals surface area contributed by atoms with Gasteiger partial charge in [-0.05, 0) is 78.6 Å². The highest BCUT2D eigenvalue weighted by Gasteiger charge is 2.35. The molecule has 0 saturated carbocycles. The van der Waals surface area contributed by atoms with E-state index >= 15 is 0 Å². The molecule has 2 rings (SSSR count). The quantitative estimate of drug-likeness (QED) is 0.466. The summed E-state index contributed by atoms with van der Waals surface area (Å²) in [6.07, 6.45) is 3.81. The molecule has 152 valence electrons. The molecule has 1 aromatic rings. The highest BCUT2D eigenvalue weighted by molar-refractivity contribution is 7.92. The Labute approximate surface area is 164 Å². The SMILES string of the molecule is CCO/N=C(\C)C1CCCN(CCCC(C)(C)S(=O)(=O)c2ccccc2)C1. The molecule has 1 aliphatic rings. The molecule has 0 radical (unpaired) electrons. The van der Waals surface area contributed by atoms with Gasteiger partial charge in [-0.2, -0.15) is 0 Å². The first-order chi connectivity index (χ1) is 12.8. The number of likely N-dealkylation sites (tertiary alicyclic amines) is 1. The van der Waals surface area contributed by atoms with Gasteiger partial charge in [-0.1, -0.05) is 23.4 Å². The third kappa shape index (κ3) is 5.79. The second-order valence-corrected chi connectivity index (χ2v) is 10.6. The monoisotopic (exact) mass is 394 g/mol. The molecule has 6 heteroatoms. The van der Waals surface area contributed by atoms with E-state index in [4.69, 9.17) is 4.84 Å². The normalized spacial score (nSPS) is 19.9. The van der Waals surface area contributed by atoms with Crippen LogP contribution in [0.2, 0.25) is 0 Å². The lowest BCUT2D eigenvalue weighted by atomic mass is 9.93. The average molecular weight is 395 g/mol. The summed E-state index contributed by atoms with van der Waals surface area (Å²) < 4.78 is 25.1. The van der Waals surface area contributed by atoms with Gasteiger partial charge >= 0.3 is 0 Å². The summed E-state index contributed by atoms with van der Waals surface area (Å²) in [5.74, 6) is 0.436. The van der Waals surface area contributed by atoms with Crippen LogP contribution in [0.1, 0.15) is 53.4 Å². The van der Waals surface area contributed by atoms with E-state index in [0.29, 0.717) is 23.8 Å². The van der Waals surface area contributed by atoms with Crippen molar-refractivity contribution < 1.29 is 13.3 Å². The summed E-state index contributed by atoms with van der Waals surface area (Å²) in [5, 5.41) is 4.20. The molecule has 0 bridgehead atoms. The summed E-state index contributed by atoms with van der Waals surface area (Å²) in [6.45, 7) is 11.2. The minimum Gasteiger partial charge on any atom is -0.396 e. The van der Waals surface area contributed by atoms with Crippen molar-refractivity contribution in [1.82, 2.24) is 4.90 Å². The molecule has 1 heterocycles. The van der Waals surface area contributed by atoms with Crippen LogP contribution in [0, 0.1) is 5.92 Å². The zero-order valence-electron chi connectivity index (χ0n) is 17.1. The summed E-state index contributed by atoms with van der Waals surface area (Å²) in [7, 11) is -3.33. The summed E-state index contributed by atoms with van der Waals surface area (Å²) in [6, 6.07) is 8.78. The number of hydrogen-bond acceptors (Lipinski definition) is 5. The van der Waals surface area contributed by atoms with Crippen molar-refractivity contribution in [3.63, 3.8) is 0 Å². The first-order valence-electron chi connectivity index (χ1n) is 9.96. The fourth-order valence-corrected chi connectivity index (χ4v) is 5.19. The Bertz CT molecular complexity index is 714. The molecule has 1 aromatic carbocycles. The predicted octanol–water partition coefficient (Wildman–Crippen LogP) is 4.14. The molecular weight excluding hydrogens is 360 g/mol. The van der Waals surface area contributed by atoms with E-state index in [-0.39, 0.29) is 0 Å². The lowest BCUT2D eigenvalue weighted by Gasteiger charge is -2.33. The Kier molecular flexibility index (Phi) is 7.86. The van der Waals surface area contributed by atoms with Crippen molar-refractivity contribution in [2.45, 2.75) is 63.0 Å². The number of hydrogen-bond donors (Lipinski definition) is 0. The van der Waals surface area contributed by atoms with Crippen LogP contribution in [0.15, 0.2) is 40.4 Å². The topological polar surface area (TPSA) is 59.0 Å². The minimum absolute atomic E-state index is 0.413. The highest BCUT2D eigenvalue weighted by atomic mass is 32.2. The second-order valence-electron chi connectivity index (χ2n) is 7.97. The van der Waals surface area contributed by atoms with Crippen molar-refractivity contribution in [2.24, 2.45) is 11.1 Å². The van der Waals surface area contributed by atoms with E-state index in [1.54, 1.807) is 24.3 Å². The number of sulfone groups is 1. The highest BCUT2D eigenvalue weighted by Crippen LogP contribution is 2.30. The van der Waals surface area contributed by atoms with Crippen LogP contribution in [-0.4, -0.2) is 50.0 Å². The van der Waals surface area contributed by atoms with E-state index in [1.165, 1.54) is 0 Å². The lowest BCUT2D eigenvalue weighted by molar-refractivity contribution is 0.151. The van der Waals surface area contributed by atoms with Gasteiger partial charge in [-0.15, -0.1) is 0 Å². The molecule has 0 amide bonds. The largest absolute Gasteiger partial charge is 0.396 e. The molecular formula is C21H34N2O3S. The molecule has 1 unspecified atom stereocenters. The maximum Gasteiger partial charge on any atom is 0.183 e. The number of oxime groups is 1. The number of benzene rings is 1. The number of rotatable bonds is 9. The Morgan fingerprint density at radius 2 is 2.00 bits per heavy atom. The van der Waals surface area contributed by atoms with Crippen LogP contribution in [0.4, 0.5) is 0 Å². The molecule has 0 spiro atoms. The van der Waals surface area contributed by atoms with E-state index in [0.717, 1.165) is 44.6 Å². The summed E-state index contributed by atoms with van der Waals surface area (Å²) in [5.41, 5.74) is 1.06. The van der Waals surface area contributed by atoms with Crippen molar-refractivity contribution in [3.05, 3.63) is 30.3 Å². The molecule has 1 saturated heterocycles. The van der Waals surface area contributed by atoms with Gasteiger partial charge in [0.1, 0.15) is 6.61 Å². The Morgan fingerprint density at radius 1 is 1.30 bits per heavy atom. The molecule has 0 N–H and O–H groups in total. The van der Waals surface area contributed by atoms with Crippen molar-refractivity contribution >= 4 is 15.5 Å². The average Bonchev–Trinajstić information content (AvgIpc) is 2.66. The van der Waals surface area contributed by atoms with Crippen LogP contribution in [0.5, 0.6) is 0 Å². The molecule has 1 aliphatic heterocycles. The van der Waals surface area contributed by atoms with E-state index in [9.17, 15) is 8.42 Å². The molecule has 1 atom stereocenters. The van der Waals surface area contributed by atoms with Gasteiger partial charge < -0.3 is 9.74 Å². The van der Waals surface area contributed by atoms with Gasteiger partial charge in [0.25, 0.3) is 0 Å². The smallest absolute Gasteiger partial charge is 0.183 e. The van der Waals surface area contributed by atoms with Gasteiger partial charge in [0.2, 0.25) is 0 Å². The first kappa shape index (κ1) is 21.9. The minimum atomic E-state index is -3.33. The first-order valence-corrected chi connectivity index (χ1v) is 11.4. The zero-order valence-corrected chi connectivity index (χ0v) is 18.0. The van der Waals surface area contributed by atoms with Crippen LogP contribution >= 0.6 is 0 Å². The van der Waals surface area contributed by atoms with Gasteiger partial charge in [0.05, 0.1) is 15.4 Å². The Balaban J connectivity index is 1.89. The molecule has 0 aromatic heterocycles. The van der Waals surface area contributed by atoms with Crippen molar-refractivity contribution in [3.8, 4) is 0 Å². The molecule has 1 fully saturated rings. The Hall–Kier alpha value is -1.40. The van der Waals surface area contributed by atoms with Gasteiger partial charge in [0.15, 0.2) is 9.84 Å². The van der Waals surface area contributed by atoms with Crippen LogP contribution in [0.25, 0.3) is 0 Å². The third-order valence-electron chi connectivity index (χ3n) is 5.47. The predicted molar refractivity (Wildman–Crippen MR) is 111 cm³/mol. The van der Waals surface area contributed by atoms with Gasteiger partial charge in [-0.25, -0.2) is 8.42 Å². The van der Waals surface area contributed by atoms with Crippen molar-refractivity contribution in [1.29, 1.82) is 0 Å². The standard InChI is InChI=1S/C21H34N2O3S/c1-5-26-22-18(2)19-11-9-15-23(17-19)16-10-14-21(3,4)27(24,25)20-12-7-6-8-13-20/h6-8,12-13,19H,5,9-11,14-17H2,1-4H3/b22-18+. The Morgan fingerprint density at radius 3 is 2.67 bits per heavy atom. The fourth-order valence-electron chi connectivity index (χ4n) is 3.62. The van der Waals surface area contributed by atoms with Gasteiger partial charge in [-0.3, -0.25) is 0 Å². The fraction of sp³-hybridized carbons (Fsp3) is 0.667.